The second-order valence-corrected chi connectivity index (χ2v) is 10.7. The number of nitrogens with one attached hydrogen (secondary N) is 4. The number of anilines is 1. The molecule has 218 valence electrons. The molecule has 11 heteroatoms. The molecule has 2 aliphatic rings. The summed E-state index contributed by atoms with van der Waals surface area (Å²) in [6, 6.07) is 21.3. The van der Waals surface area contributed by atoms with Gasteiger partial charge in [0.1, 0.15) is 23.8 Å². The third-order valence-electron chi connectivity index (χ3n) is 7.84. The predicted molar refractivity (Wildman–Crippen MR) is 157 cm³/mol. The molecule has 3 atom stereocenters. The molecule has 11 nitrogen and oxygen atoms in total. The van der Waals surface area contributed by atoms with E-state index in [1.165, 1.54) is 11.1 Å². The van der Waals surface area contributed by atoms with Crippen LogP contribution in [0.15, 0.2) is 85.1 Å². The van der Waals surface area contributed by atoms with E-state index in [1.807, 2.05) is 54.6 Å². The Morgan fingerprint density at radius 1 is 0.953 bits per heavy atom. The molecule has 1 aromatic heterocycles. The van der Waals surface area contributed by atoms with Crippen LogP contribution in [-0.4, -0.2) is 51.1 Å². The number of carbonyl (C=O) groups excluding carboxylic acids is 4. The van der Waals surface area contributed by atoms with E-state index in [1.54, 1.807) is 24.3 Å². The number of para-hydroxylation sites is 1. The molecule has 0 unspecified atom stereocenters. The highest BCUT2D eigenvalue weighted by molar-refractivity contribution is 6.08. The van der Waals surface area contributed by atoms with Crippen molar-refractivity contribution in [1.29, 1.82) is 0 Å². The minimum absolute atomic E-state index is 0.108. The number of nitrogens with zero attached hydrogens (tertiary/aromatic N) is 3. The maximum atomic E-state index is 14.1. The number of benzene rings is 3. The van der Waals surface area contributed by atoms with Gasteiger partial charge in [-0.25, -0.2) is 0 Å². The summed E-state index contributed by atoms with van der Waals surface area (Å²) in [5.41, 5.74) is 4.58. The number of carbonyl (C=O) groups is 4. The van der Waals surface area contributed by atoms with Crippen LogP contribution in [0.4, 0.5) is 5.69 Å². The third-order valence-corrected chi connectivity index (χ3v) is 7.84. The summed E-state index contributed by atoms with van der Waals surface area (Å²) in [4.78, 5) is 55.8. The lowest BCUT2D eigenvalue weighted by Crippen LogP contribution is -2.55. The lowest BCUT2D eigenvalue weighted by Gasteiger charge is -2.29. The molecule has 3 aromatic carbocycles. The van der Waals surface area contributed by atoms with Crippen molar-refractivity contribution in [3.8, 4) is 0 Å². The normalized spacial score (nSPS) is 17.9. The van der Waals surface area contributed by atoms with Crippen molar-refractivity contribution in [2.24, 2.45) is 0 Å². The van der Waals surface area contributed by atoms with Gasteiger partial charge in [0.15, 0.2) is 0 Å². The van der Waals surface area contributed by atoms with Gasteiger partial charge in [-0.15, -0.1) is 0 Å². The first kappa shape index (κ1) is 27.8. The van der Waals surface area contributed by atoms with Gasteiger partial charge >= 0.3 is 0 Å². The first-order chi connectivity index (χ1) is 21.0. The fourth-order valence-electron chi connectivity index (χ4n) is 5.77. The van der Waals surface area contributed by atoms with Crippen molar-refractivity contribution in [1.82, 2.24) is 31.4 Å². The number of aryl methyl sites for hydroxylation is 1. The number of hydrogen-bond donors (Lipinski definition) is 4. The van der Waals surface area contributed by atoms with Crippen LogP contribution < -0.4 is 20.9 Å². The van der Waals surface area contributed by atoms with Gasteiger partial charge in [-0.05, 0) is 35.1 Å². The number of H-pyrrole nitrogens is 1. The zero-order chi connectivity index (χ0) is 29.8. The summed E-state index contributed by atoms with van der Waals surface area (Å²) < 4.78 is 0. The highest BCUT2D eigenvalue weighted by atomic mass is 16.2. The molecular weight excluding hydrogens is 546 g/mol. The lowest BCUT2D eigenvalue weighted by molar-refractivity contribution is -0.132. The van der Waals surface area contributed by atoms with Crippen molar-refractivity contribution in [3.63, 3.8) is 0 Å². The molecule has 43 heavy (non-hydrogen) atoms. The van der Waals surface area contributed by atoms with Gasteiger partial charge in [0, 0.05) is 6.42 Å². The minimum atomic E-state index is -1.01. The summed E-state index contributed by atoms with van der Waals surface area (Å²) in [6.07, 6.45) is 2.88. The first-order valence-corrected chi connectivity index (χ1v) is 14.2. The maximum Gasteiger partial charge on any atom is 0.250 e. The Hall–Kier alpha value is -5.32. The number of aromatic nitrogens is 3. The molecular formula is C32H31N7O4. The Morgan fingerprint density at radius 2 is 1.70 bits per heavy atom. The highest BCUT2D eigenvalue weighted by Gasteiger charge is 2.44. The van der Waals surface area contributed by atoms with Crippen molar-refractivity contribution >= 4 is 29.3 Å². The fraction of sp³-hybridized carbons (Fsp3) is 0.250. The Balaban J connectivity index is 1.22. The number of amides is 4. The third kappa shape index (κ3) is 6.01. The SMILES string of the molecule is O=C(Cc1ccccc1)N[C@H](C(=O)N[C@H]1CCc2cccc3c2N(C1=O)[C@H](C(=O)NCc1cn[nH]n1)C3)c1ccccc1. The molecule has 0 bridgehead atoms. The molecule has 2 aliphatic heterocycles. The maximum absolute atomic E-state index is 14.1. The second-order valence-electron chi connectivity index (χ2n) is 10.7. The van der Waals surface area contributed by atoms with Crippen LogP contribution in [0, 0.1) is 0 Å². The van der Waals surface area contributed by atoms with Crippen molar-refractivity contribution < 1.29 is 19.2 Å². The van der Waals surface area contributed by atoms with Gasteiger partial charge in [0.2, 0.25) is 23.6 Å². The lowest BCUT2D eigenvalue weighted by atomic mass is 10.0. The second kappa shape index (κ2) is 12.3. The Morgan fingerprint density at radius 3 is 2.44 bits per heavy atom. The van der Waals surface area contributed by atoms with E-state index < -0.39 is 24.0 Å². The zero-order valence-electron chi connectivity index (χ0n) is 23.3. The van der Waals surface area contributed by atoms with Crippen LogP contribution >= 0.6 is 0 Å². The van der Waals surface area contributed by atoms with Crippen molar-refractivity contribution in [3.05, 3.63) is 113 Å². The van der Waals surface area contributed by atoms with Gasteiger partial charge in [-0.3, -0.25) is 24.1 Å². The van der Waals surface area contributed by atoms with E-state index in [0.717, 1.165) is 22.4 Å². The molecule has 0 saturated heterocycles. The van der Waals surface area contributed by atoms with E-state index >= 15 is 0 Å². The summed E-state index contributed by atoms with van der Waals surface area (Å²) in [7, 11) is 0. The van der Waals surface area contributed by atoms with E-state index in [9.17, 15) is 19.2 Å². The molecule has 4 aromatic rings. The predicted octanol–water partition coefficient (Wildman–Crippen LogP) is 1.91. The van der Waals surface area contributed by atoms with E-state index in [4.69, 9.17) is 0 Å². The Bertz CT molecular complexity index is 1630. The van der Waals surface area contributed by atoms with Crippen LogP contribution in [0.25, 0.3) is 0 Å². The molecule has 3 heterocycles. The van der Waals surface area contributed by atoms with Gasteiger partial charge in [0.25, 0.3) is 0 Å². The smallest absolute Gasteiger partial charge is 0.250 e. The monoisotopic (exact) mass is 577 g/mol. The summed E-state index contributed by atoms with van der Waals surface area (Å²) >= 11 is 0. The largest absolute Gasteiger partial charge is 0.348 e. The zero-order valence-corrected chi connectivity index (χ0v) is 23.3. The summed E-state index contributed by atoms with van der Waals surface area (Å²) in [5.74, 6) is -1.49. The first-order valence-electron chi connectivity index (χ1n) is 14.2. The molecule has 0 spiro atoms. The average Bonchev–Trinajstić information content (AvgIpc) is 3.67. The molecule has 0 saturated carbocycles. The fourth-order valence-corrected chi connectivity index (χ4v) is 5.77. The molecule has 6 rings (SSSR count). The molecule has 0 radical (unpaired) electrons. The van der Waals surface area contributed by atoms with E-state index in [0.29, 0.717) is 30.5 Å². The van der Waals surface area contributed by atoms with Crippen LogP contribution in [-0.2, 0) is 45.0 Å². The highest BCUT2D eigenvalue weighted by Crippen LogP contribution is 2.39. The van der Waals surface area contributed by atoms with Crippen molar-refractivity contribution in [2.45, 2.75) is 50.4 Å². The average molecular weight is 578 g/mol. The van der Waals surface area contributed by atoms with Crippen LogP contribution in [0.3, 0.4) is 0 Å². The van der Waals surface area contributed by atoms with Crippen LogP contribution in [0.5, 0.6) is 0 Å². The topological polar surface area (TPSA) is 149 Å². The number of hydrogen-bond acceptors (Lipinski definition) is 6. The molecule has 4 N–H and O–H groups in total. The van der Waals surface area contributed by atoms with Gasteiger partial charge in [-0.2, -0.15) is 15.4 Å². The minimum Gasteiger partial charge on any atom is -0.348 e. The van der Waals surface area contributed by atoms with Crippen molar-refractivity contribution in [2.75, 3.05) is 4.90 Å². The quantitative estimate of drug-likeness (QED) is 0.239. The van der Waals surface area contributed by atoms with E-state index in [-0.39, 0.29) is 30.7 Å². The number of aromatic amines is 1. The summed E-state index contributed by atoms with van der Waals surface area (Å²) in [5, 5.41) is 18.9. The summed E-state index contributed by atoms with van der Waals surface area (Å²) in [6.45, 7) is 0.165. The van der Waals surface area contributed by atoms with Gasteiger partial charge in [0.05, 0.1) is 24.8 Å². The molecule has 0 aliphatic carbocycles. The standard InChI is InChI=1S/C32H31N7O4/c40-27(16-20-8-3-1-4-9-20)36-28(21-10-5-2-6-11-21)31(42)35-25-15-14-22-12-7-13-23-17-26(39(29(22)23)32(25)43)30(41)33-18-24-19-34-38-37-24/h1-13,19,25-26,28H,14-18H2,(H,33,41)(H,35,42)(H,36,40)(H,34,37,38)/t25-,26-,28-/m0/s1. The number of rotatable bonds is 9. The molecule has 4 amide bonds. The Labute approximate surface area is 248 Å². The van der Waals surface area contributed by atoms with Gasteiger partial charge < -0.3 is 16.0 Å². The van der Waals surface area contributed by atoms with Gasteiger partial charge in [-0.1, -0.05) is 78.9 Å². The van der Waals surface area contributed by atoms with Crippen LogP contribution in [0.2, 0.25) is 0 Å². The Kier molecular flexibility index (Phi) is 7.94. The van der Waals surface area contributed by atoms with E-state index in [2.05, 4.69) is 31.4 Å². The molecule has 0 fully saturated rings. The van der Waals surface area contributed by atoms with Crippen LogP contribution in [0.1, 0.15) is 40.4 Å².